The van der Waals surface area contributed by atoms with Crippen LogP contribution in [0.5, 0.6) is 0 Å². The summed E-state index contributed by atoms with van der Waals surface area (Å²) in [6.07, 6.45) is 0. The van der Waals surface area contributed by atoms with Crippen LogP contribution in [-0.2, 0) is 18.4 Å². The number of para-hydroxylation sites is 1. The van der Waals surface area contributed by atoms with Gasteiger partial charge in [0.05, 0.1) is 17.4 Å². The molecule has 174 valence electrons. The minimum Gasteiger partial charge on any atom is -0.319 e. The van der Waals surface area contributed by atoms with E-state index in [4.69, 9.17) is 0 Å². The Bertz CT molecular complexity index is 1340. The topological polar surface area (TPSA) is 59.3 Å². The van der Waals surface area contributed by atoms with Crippen molar-refractivity contribution >= 4 is 11.6 Å². The van der Waals surface area contributed by atoms with Gasteiger partial charge in [-0.05, 0) is 49.7 Å². The molecule has 6 nitrogen and oxygen atoms in total. The van der Waals surface area contributed by atoms with Crippen molar-refractivity contribution in [2.24, 2.45) is 7.05 Å². The van der Waals surface area contributed by atoms with Gasteiger partial charge >= 0.3 is 0 Å². The van der Waals surface area contributed by atoms with Crippen molar-refractivity contribution in [2.75, 3.05) is 12.4 Å². The Labute approximate surface area is 200 Å². The van der Waals surface area contributed by atoms with Gasteiger partial charge in [-0.3, -0.25) is 19.2 Å². The van der Waals surface area contributed by atoms with Crippen LogP contribution in [0.15, 0.2) is 89.7 Å². The lowest BCUT2D eigenvalue weighted by Gasteiger charge is -2.25. The third kappa shape index (κ3) is 4.58. The van der Waals surface area contributed by atoms with Crippen molar-refractivity contribution in [3.8, 4) is 16.8 Å². The molecule has 4 rings (SSSR count). The average molecular weight is 455 g/mol. The van der Waals surface area contributed by atoms with Crippen LogP contribution in [0, 0.1) is 6.92 Å². The molecule has 6 heteroatoms. The zero-order valence-corrected chi connectivity index (χ0v) is 20.0. The second-order valence-corrected chi connectivity index (χ2v) is 8.54. The number of hydrogen-bond acceptors (Lipinski definition) is 3. The molecule has 0 fully saturated rings. The first kappa shape index (κ1) is 23.3. The van der Waals surface area contributed by atoms with E-state index in [2.05, 4.69) is 29.6 Å². The van der Waals surface area contributed by atoms with E-state index in [1.54, 1.807) is 9.36 Å². The summed E-state index contributed by atoms with van der Waals surface area (Å²) in [7, 11) is 3.74. The molecule has 0 spiro atoms. The van der Waals surface area contributed by atoms with Gasteiger partial charge in [0.2, 0.25) is 5.91 Å². The molecule has 1 N–H and O–H groups in total. The number of amides is 1. The summed E-state index contributed by atoms with van der Waals surface area (Å²) in [6, 6.07) is 27.4. The molecule has 1 atom stereocenters. The summed E-state index contributed by atoms with van der Waals surface area (Å²) in [4.78, 5) is 28.3. The Morgan fingerprint density at radius 1 is 0.941 bits per heavy atom. The van der Waals surface area contributed by atoms with Crippen LogP contribution in [0.3, 0.4) is 0 Å². The average Bonchev–Trinajstić information content (AvgIpc) is 3.07. The molecule has 0 aliphatic rings. The minimum atomic E-state index is -0.437. The lowest BCUT2D eigenvalue weighted by atomic mass is 9.99. The van der Waals surface area contributed by atoms with Gasteiger partial charge in [0, 0.05) is 13.6 Å². The van der Waals surface area contributed by atoms with E-state index < -0.39 is 6.04 Å². The lowest BCUT2D eigenvalue weighted by Crippen LogP contribution is -2.40. The molecule has 0 radical (unpaired) electrons. The smallest absolute Gasteiger partial charge is 0.295 e. The van der Waals surface area contributed by atoms with Gasteiger partial charge in [-0.25, -0.2) is 4.68 Å². The molecule has 0 bridgehead atoms. The van der Waals surface area contributed by atoms with Crippen LogP contribution in [0.2, 0.25) is 0 Å². The molecule has 34 heavy (non-hydrogen) atoms. The number of nitrogens with zero attached hydrogens (tertiary/aromatic N) is 3. The highest BCUT2D eigenvalue weighted by Gasteiger charge is 2.23. The molecular formula is C28H30N4O2. The van der Waals surface area contributed by atoms with Gasteiger partial charge < -0.3 is 5.32 Å². The third-order valence-electron chi connectivity index (χ3n) is 6.36. The van der Waals surface area contributed by atoms with E-state index in [0.717, 1.165) is 22.4 Å². The first-order valence-corrected chi connectivity index (χ1v) is 11.4. The minimum absolute atomic E-state index is 0.217. The summed E-state index contributed by atoms with van der Waals surface area (Å²) >= 11 is 0. The maximum atomic E-state index is 13.2. The van der Waals surface area contributed by atoms with Crippen LogP contribution in [0.1, 0.15) is 18.2 Å². The Hall–Kier alpha value is -3.90. The molecule has 0 aliphatic heterocycles. The molecule has 0 saturated carbocycles. The highest BCUT2D eigenvalue weighted by molar-refractivity contribution is 5.95. The number of likely N-dealkylation sites (N-methyl/N-ethyl adjacent to an activating group) is 1. The molecule has 0 aliphatic carbocycles. The Balaban J connectivity index is 1.53. The molecule has 1 amide bonds. The number of anilines is 1. The van der Waals surface area contributed by atoms with Crippen molar-refractivity contribution in [2.45, 2.75) is 26.4 Å². The van der Waals surface area contributed by atoms with E-state index in [9.17, 15) is 9.59 Å². The largest absolute Gasteiger partial charge is 0.319 e. The van der Waals surface area contributed by atoms with E-state index >= 15 is 0 Å². The number of rotatable bonds is 7. The van der Waals surface area contributed by atoms with Crippen LogP contribution < -0.4 is 10.9 Å². The number of aromatic nitrogens is 2. The van der Waals surface area contributed by atoms with Gasteiger partial charge in [0.25, 0.3) is 5.56 Å². The van der Waals surface area contributed by atoms with Gasteiger partial charge in [0.15, 0.2) is 0 Å². The van der Waals surface area contributed by atoms with Crippen LogP contribution in [0.4, 0.5) is 5.69 Å². The monoisotopic (exact) mass is 454 g/mol. The first-order chi connectivity index (χ1) is 16.4. The van der Waals surface area contributed by atoms with Crippen molar-refractivity contribution < 1.29 is 4.79 Å². The van der Waals surface area contributed by atoms with Crippen molar-refractivity contribution in [1.29, 1.82) is 0 Å². The van der Waals surface area contributed by atoms with Crippen LogP contribution in [0.25, 0.3) is 16.8 Å². The molecule has 1 aromatic heterocycles. The van der Waals surface area contributed by atoms with Gasteiger partial charge in [-0.1, -0.05) is 72.8 Å². The van der Waals surface area contributed by atoms with Crippen LogP contribution >= 0.6 is 0 Å². The highest BCUT2D eigenvalue weighted by Crippen LogP contribution is 2.25. The van der Waals surface area contributed by atoms with E-state index in [-0.39, 0.29) is 11.5 Å². The fourth-order valence-electron chi connectivity index (χ4n) is 4.10. The van der Waals surface area contributed by atoms with E-state index in [1.165, 1.54) is 0 Å². The molecule has 4 aromatic rings. The predicted molar refractivity (Wildman–Crippen MR) is 137 cm³/mol. The Morgan fingerprint density at radius 3 is 2.21 bits per heavy atom. The number of carbonyl (C=O) groups excluding carboxylic acids is 1. The summed E-state index contributed by atoms with van der Waals surface area (Å²) in [6.45, 7) is 4.29. The van der Waals surface area contributed by atoms with Crippen molar-refractivity contribution in [1.82, 2.24) is 14.3 Å². The summed E-state index contributed by atoms with van der Waals surface area (Å²) in [5.41, 5.74) is 4.94. The number of carbonyl (C=O) groups is 1. The standard InChI is InChI=1S/C28H30N4O2/c1-20-26(28(34)32(31(20)4)24-16-9-6-10-17-24)29-27(33)21(2)30(3)19-23-15-11-12-18-25(23)22-13-7-5-8-14-22/h5-18,21H,19H2,1-4H3,(H,29,33). The van der Waals surface area contributed by atoms with E-state index in [0.29, 0.717) is 17.9 Å². The highest BCUT2D eigenvalue weighted by atomic mass is 16.2. The second kappa shape index (κ2) is 9.93. The second-order valence-electron chi connectivity index (χ2n) is 8.54. The van der Waals surface area contributed by atoms with Crippen molar-refractivity contribution in [3.63, 3.8) is 0 Å². The van der Waals surface area contributed by atoms with Crippen LogP contribution in [-0.4, -0.2) is 33.3 Å². The third-order valence-corrected chi connectivity index (χ3v) is 6.36. The SMILES string of the molecule is Cc1c(NC(=O)C(C)N(C)Cc2ccccc2-c2ccccc2)c(=O)n(-c2ccccc2)n1C. The van der Waals surface area contributed by atoms with Crippen molar-refractivity contribution in [3.05, 3.63) is 107 Å². The van der Waals surface area contributed by atoms with Gasteiger partial charge in [0.1, 0.15) is 5.69 Å². The molecule has 1 heterocycles. The summed E-state index contributed by atoms with van der Waals surface area (Å²) < 4.78 is 3.33. The zero-order chi connectivity index (χ0) is 24.2. The molecule has 3 aromatic carbocycles. The number of benzene rings is 3. The Morgan fingerprint density at radius 2 is 1.53 bits per heavy atom. The number of nitrogens with one attached hydrogen (secondary N) is 1. The lowest BCUT2D eigenvalue weighted by molar-refractivity contribution is -0.120. The number of hydrogen-bond donors (Lipinski definition) is 1. The van der Waals surface area contributed by atoms with E-state index in [1.807, 2.05) is 93.5 Å². The fourth-order valence-corrected chi connectivity index (χ4v) is 4.10. The maximum absolute atomic E-state index is 13.2. The summed E-state index contributed by atoms with van der Waals surface area (Å²) in [5, 5.41) is 2.89. The quantitative estimate of drug-likeness (QED) is 0.444. The predicted octanol–water partition coefficient (Wildman–Crippen LogP) is 4.61. The molecular weight excluding hydrogens is 424 g/mol. The first-order valence-electron chi connectivity index (χ1n) is 11.4. The zero-order valence-electron chi connectivity index (χ0n) is 20.0. The molecule has 1 unspecified atom stereocenters. The maximum Gasteiger partial charge on any atom is 0.295 e. The van der Waals surface area contributed by atoms with Gasteiger partial charge in [-0.2, -0.15) is 0 Å². The Kier molecular flexibility index (Phi) is 6.80. The molecule has 0 saturated heterocycles. The summed E-state index contributed by atoms with van der Waals surface area (Å²) in [5.74, 6) is -0.217. The van der Waals surface area contributed by atoms with Gasteiger partial charge in [-0.15, -0.1) is 0 Å². The normalized spacial score (nSPS) is 12.0. The fraction of sp³-hybridized carbons (Fsp3) is 0.214.